The molecule has 1 N–H and O–H groups in total. The number of hydrogen-bond acceptors (Lipinski definition) is 3. The Hall–Kier alpha value is -3.10. The zero-order chi connectivity index (χ0) is 19.7. The van der Waals surface area contributed by atoms with Gasteiger partial charge in [-0.05, 0) is 17.2 Å². The van der Waals surface area contributed by atoms with Gasteiger partial charge in [0.2, 0.25) is 5.91 Å². The number of alkyl halides is 3. The molecule has 0 bridgehead atoms. The maximum Gasteiger partial charge on any atom is 0.490 e. The maximum absolute atomic E-state index is 11.4. The van der Waals surface area contributed by atoms with Crippen molar-refractivity contribution in [1.29, 1.82) is 0 Å². The van der Waals surface area contributed by atoms with E-state index in [1.54, 1.807) is 24.5 Å². The van der Waals surface area contributed by atoms with Crippen molar-refractivity contribution in [3.8, 4) is 0 Å². The Balaban J connectivity index is 0.000000412. The van der Waals surface area contributed by atoms with Crippen LogP contribution in [0.25, 0.3) is 0 Å². The number of aliphatic carboxylic acids is 1. The third-order valence-corrected chi connectivity index (χ3v) is 3.16. The summed E-state index contributed by atoms with van der Waals surface area (Å²) in [5, 5.41) is 7.12. The van der Waals surface area contributed by atoms with Crippen molar-refractivity contribution < 1.29 is 27.9 Å². The summed E-state index contributed by atoms with van der Waals surface area (Å²) in [6, 6.07) is 8.22. The zero-order valence-corrected chi connectivity index (χ0v) is 14.0. The number of rotatable bonds is 5. The number of carboxylic acids is 1. The first-order valence-electron chi connectivity index (χ1n) is 7.34. The molecule has 1 heterocycles. The Morgan fingerprint density at radius 2 is 1.81 bits per heavy atom. The highest BCUT2D eigenvalue weighted by Crippen LogP contribution is 2.13. The first kappa shape index (κ1) is 20.9. The minimum absolute atomic E-state index is 0.0671. The Morgan fingerprint density at radius 1 is 1.27 bits per heavy atom. The van der Waals surface area contributed by atoms with Crippen molar-refractivity contribution in [3.05, 3.63) is 66.8 Å². The number of aromatic nitrogens is 2. The molecular weight excluding hydrogens is 351 g/mol. The van der Waals surface area contributed by atoms with E-state index in [0.717, 1.165) is 12.1 Å². The predicted octanol–water partition coefficient (Wildman–Crippen LogP) is 2.71. The second kappa shape index (κ2) is 9.40. The van der Waals surface area contributed by atoms with Crippen LogP contribution in [0.4, 0.5) is 13.2 Å². The standard InChI is InChI=1S/C15H17N3O.C2HF3O2/c1-3-15(19)17(2)10-13-4-6-14(7-5-13)11-18-9-8-16-12-18;3-2(4,5)1(6)7/h3-9,12H,1,10-11H2,2H3;(H,6,7). The predicted molar refractivity (Wildman–Crippen MR) is 88.1 cm³/mol. The van der Waals surface area contributed by atoms with Gasteiger partial charge in [-0.3, -0.25) is 4.79 Å². The Labute approximate surface area is 148 Å². The average molecular weight is 369 g/mol. The molecule has 0 radical (unpaired) electrons. The summed E-state index contributed by atoms with van der Waals surface area (Å²) in [5.74, 6) is -2.82. The van der Waals surface area contributed by atoms with E-state index in [2.05, 4.69) is 23.7 Å². The highest BCUT2D eigenvalue weighted by atomic mass is 19.4. The molecule has 1 aromatic carbocycles. The zero-order valence-electron chi connectivity index (χ0n) is 14.0. The van der Waals surface area contributed by atoms with Crippen LogP contribution in [0.15, 0.2) is 55.6 Å². The highest BCUT2D eigenvalue weighted by Gasteiger charge is 2.38. The lowest BCUT2D eigenvalue weighted by molar-refractivity contribution is -0.192. The molecule has 0 saturated carbocycles. The molecule has 0 spiro atoms. The van der Waals surface area contributed by atoms with Crippen molar-refractivity contribution in [2.45, 2.75) is 19.3 Å². The van der Waals surface area contributed by atoms with Crippen LogP contribution in [0.2, 0.25) is 0 Å². The van der Waals surface area contributed by atoms with Crippen molar-refractivity contribution >= 4 is 11.9 Å². The van der Waals surface area contributed by atoms with E-state index in [4.69, 9.17) is 9.90 Å². The third-order valence-electron chi connectivity index (χ3n) is 3.16. The fourth-order valence-electron chi connectivity index (χ4n) is 1.85. The van der Waals surface area contributed by atoms with Gasteiger partial charge in [0.25, 0.3) is 0 Å². The number of imidazole rings is 1. The molecule has 9 heteroatoms. The van der Waals surface area contributed by atoms with Gasteiger partial charge < -0.3 is 14.6 Å². The summed E-state index contributed by atoms with van der Waals surface area (Å²) in [7, 11) is 1.77. The van der Waals surface area contributed by atoms with Crippen LogP contribution in [0.5, 0.6) is 0 Å². The molecule has 2 rings (SSSR count). The molecule has 0 saturated heterocycles. The minimum Gasteiger partial charge on any atom is -0.475 e. The van der Waals surface area contributed by atoms with Crippen molar-refractivity contribution in [1.82, 2.24) is 14.5 Å². The lowest BCUT2D eigenvalue weighted by Gasteiger charge is -2.15. The first-order chi connectivity index (χ1) is 12.1. The number of amides is 1. The number of hydrogen-bond donors (Lipinski definition) is 1. The first-order valence-corrected chi connectivity index (χ1v) is 7.34. The molecule has 1 aromatic heterocycles. The minimum atomic E-state index is -5.08. The molecule has 6 nitrogen and oxygen atoms in total. The van der Waals surface area contributed by atoms with E-state index < -0.39 is 12.1 Å². The summed E-state index contributed by atoms with van der Waals surface area (Å²) in [6.07, 6.45) is 1.74. The summed E-state index contributed by atoms with van der Waals surface area (Å²) in [5.41, 5.74) is 2.31. The van der Waals surface area contributed by atoms with E-state index in [-0.39, 0.29) is 5.91 Å². The Morgan fingerprint density at radius 3 is 2.23 bits per heavy atom. The molecule has 0 aliphatic carbocycles. The summed E-state index contributed by atoms with van der Waals surface area (Å²) in [6.45, 7) is 4.88. The van der Waals surface area contributed by atoms with Crippen LogP contribution in [0, 0.1) is 0 Å². The van der Waals surface area contributed by atoms with E-state index in [1.807, 2.05) is 22.9 Å². The van der Waals surface area contributed by atoms with Crippen LogP contribution in [-0.2, 0) is 22.7 Å². The quantitative estimate of drug-likeness (QED) is 0.823. The van der Waals surface area contributed by atoms with E-state index >= 15 is 0 Å². The number of benzene rings is 1. The van der Waals surface area contributed by atoms with Gasteiger partial charge in [-0.25, -0.2) is 9.78 Å². The van der Waals surface area contributed by atoms with Gasteiger partial charge in [-0.2, -0.15) is 13.2 Å². The van der Waals surface area contributed by atoms with Gasteiger partial charge in [0, 0.05) is 32.5 Å². The molecule has 140 valence electrons. The number of nitrogens with zero attached hydrogens (tertiary/aromatic N) is 3. The number of carbonyl (C=O) groups is 2. The topological polar surface area (TPSA) is 75.4 Å². The van der Waals surface area contributed by atoms with Crippen LogP contribution < -0.4 is 0 Å². The van der Waals surface area contributed by atoms with Gasteiger partial charge in [-0.1, -0.05) is 30.8 Å². The molecule has 0 atom stereocenters. The van der Waals surface area contributed by atoms with Crippen LogP contribution in [0.1, 0.15) is 11.1 Å². The molecule has 0 unspecified atom stereocenters. The second-order valence-electron chi connectivity index (χ2n) is 5.25. The number of likely N-dealkylation sites (N-methyl/N-ethyl adjacent to an activating group) is 1. The molecule has 2 aromatic rings. The monoisotopic (exact) mass is 369 g/mol. The lowest BCUT2D eigenvalue weighted by atomic mass is 10.1. The van der Waals surface area contributed by atoms with Crippen LogP contribution in [-0.4, -0.2) is 44.7 Å². The smallest absolute Gasteiger partial charge is 0.475 e. The van der Waals surface area contributed by atoms with Gasteiger partial charge in [0.1, 0.15) is 0 Å². The van der Waals surface area contributed by atoms with Gasteiger partial charge in [-0.15, -0.1) is 0 Å². The van der Waals surface area contributed by atoms with E-state index in [1.165, 1.54) is 11.6 Å². The Bertz CT molecular complexity index is 726. The number of halogens is 3. The number of carboxylic acid groups (broad SMARTS) is 1. The average Bonchev–Trinajstić information content (AvgIpc) is 3.08. The van der Waals surface area contributed by atoms with Crippen molar-refractivity contribution in [3.63, 3.8) is 0 Å². The summed E-state index contributed by atoms with van der Waals surface area (Å²) < 4.78 is 33.8. The van der Waals surface area contributed by atoms with E-state index in [0.29, 0.717) is 6.54 Å². The maximum atomic E-state index is 11.4. The van der Waals surface area contributed by atoms with Crippen LogP contribution in [0.3, 0.4) is 0 Å². The second-order valence-corrected chi connectivity index (χ2v) is 5.25. The summed E-state index contributed by atoms with van der Waals surface area (Å²) >= 11 is 0. The largest absolute Gasteiger partial charge is 0.490 e. The molecule has 0 aliphatic heterocycles. The fraction of sp³-hybridized carbons (Fsp3) is 0.235. The van der Waals surface area contributed by atoms with Gasteiger partial charge >= 0.3 is 12.1 Å². The molecular formula is C17H18F3N3O3. The fourth-order valence-corrected chi connectivity index (χ4v) is 1.85. The SMILES string of the molecule is C=CC(=O)N(C)Cc1ccc(Cn2ccnc2)cc1.O=C(O)C(F)(F)F. The van der Waals surface area contributed by atoms with Gasteiger partial charge in [0.15, 0.2) is 0 Å². The lowest BCUT2D eigenvalue weighted by Crippen LogP contribution is -2.23. The summed E-state index contributed by atoms with van der Waals surface area (Å²) in [4.78, 5) is 25.9. The molecule has 1 amide bonds. The Kier molecular flexibility index (Phi) is 7.57. The van der Waals surface area contributed by atoms with Gasteiger partial charge in [0.05, 0.1) is 6.33 Å². The third kappa shape index (κ3) is 7.20. The highest BCUT2D eigenvalue weighted by molar-refractivity contribution is 5.86. The molecule has 0 aliphatic rings. The van der Waals surface area contributed by atoms with E-state index in [9.17, 15) is 18.0 Å². The van der Waals surface area contributed by atoms with Crippen LogP contribution >= 0.6 is 0 Å². The molecule has 26 heavy (non-hydrogen) atoms. The number of carbonyl (C=O) groups excluding carboxylic acids is 1. The molecule has 0 fully saturated rings. The van der Waals surface area contributed by atoms with Crippen molar-refractivity contribution in [2.24, 2.45) is 0 Å². The normalized spacial score (nSPS) is 10.5. The van der Waals surface area contributed by atoms with Crippen molar-refractivity contribution in [2.75, 3.05) is 7.05 Å².